The van der Waals surface area contributed by atoms with Crippen LogP contribution in [0.1, 0.15) is 62.4 Å². The summed E-state index contributed by atoms with van der Waals surface area (Å²) in [5.74, 6) is -0.468. The largest absolute Gasteiger partial charge is 0.453 e. The van der Waals surface area contributed by atoms with Gasteiger partial charge in [-0.1, -0.05) is 18.2 Å². The van der Waals surface area contributed by atoms with Crippen molar-refractivity contribution in [3.8, 4) is 0 Å². The first-order valence-corrected chi connectivity index (χ1v) is 19.0. The first kappa shape index (κ1) is 37.2. The number of nitrogens with one attached hydrogen (secondary N) is 2. The Hall–Kier alpha value is -3.08. The van der Waals surface area contributed by atoms with Crippen LogP contribution in [0, 0.1) is 0 Å². The predicted octanol–water partition coefficient (Wildman–Crippen LogP) is 1.25. The molecule has 15 heteroatoms. The highest BCUT2D eigenvalue weighted by atomic mass is 32.2. The molecule has 3 aliphatic heterocycles. The zero-order chi connectivity index (χ0) is 35.5. The molecule has 4 heterocycles. The summed E-state index contributed by atoms with van der Waals surface area (Å²) in [6.07, 6.45) is 2.88. The van der Waals surface area contributed by atoms with Crippen LogP contribution in [-0.2, 0) is 14.8 Å². The van der Waals surface area contributed by atoms with Gasteiger partial charge in [0.05, 0.1) is 25.3 Å². The molecule has 0 radical (unpaired) electrons. The lowest BCUT2D eigenvalue weighted by molar-refractivity contribution is 0.0301. The maximum absolute atomic E-state index is 13.5. The van der Waals surface area contributed by atoms with Crippen molar-refractivity contribution in [3.63, 3.8) is 0 Å². The smallest absolute Gasteiger partial charge is 0.409 e. The zero-order valence-corrected chi connectivity index (χ0v) is 30.2. The molecular weight excluding hydrogens is 650 g/mol. The molecule has 2 unspecified atom stereocenters. The summed E-state index contributed by atoms with van der Waals surface area (Å²) >= 11 is 0. The molecule has 2 bridgehead atoms. The Labute approximate surface area is 289 Å². The summed E-state index contributed by atoms with van der Waals surface area (Å²) in [5.41, 5.74) is 0.669. The van der Waals surface area contributed by atoms with E-state index in [0.29, 0.717) is 26.2 Å². The van der Waals surface area contributed by atoms with Crippen LogP contribution in [0.2, 0.25) is 0 Å². The van der Waals surface area contributed by atoms with Gasteiger partial charge < -0.3 is 24.6 Å². The third-order valence-corrected chi connectivity index (χ3v) is 11.9. The summed E-state index contributed by atoms with van der Waals surface area (Å²) in [6.45, 7) is 6.82. The number of pyridine rings is 1. The van der Waals surface area contributed by atoms with Gasteiger partial charge in [-0.15, -0.1) is 0 Å². The zero-order valence-electron chi connectivity index (χ0n) is 29.4. The summed E-state index contributed by atoms with van der Waals surface area (Å²) in [5, 5.41) is 18.3. The van der Waals surface area contributed by atoms with Crippen LogP contribution in [-0.4, -0.2) is 146 Å². The van der Waals surface area contributed by atoms with Gasteiger partial charge in [0.15, 0.2) is 0 Å². The Kier molecular flexibility index (Phi) is 12.0. The van der Waals surface area contributed by atoms with E-state index in [1.54, 1.807) is 10.6 Å². The maximum Gasteiger partial charge on any atom is 0.409 e. The number of rotatable bonds is 14. The Morgan fingerprint density at radius 2 is 1.78 bits per heavy atom. The van der Waals surface area contributed by atoms with Gasteiger partial charge in [0.25, 0.3) is 11.5 Å². The fourth-order valence-electron chi connectivity index (χ4n) is 7.67. The Balaban J connectivity index is 1.13. The van der Waals surface area contributed by atoms with Crippen molar-refractivity contribution < 1.29 is 27.9 Å². The van der Waals surface area contributed by atoms with E-state index in [1.807, 2.05) is 38.1 Å². The standard InChI is InChI=1S/C34H53N7O7S/c1-23(2)41-31-9-7-6-8-24(31)16-30(33(41)44)32(43)36-26-17-27-10-11-28(18-26)40(27)21-29(42)20-39(34(45)48-5)15-14-38-13-12-25(19-38)35-22-49(46,47)37(3)4/h6-9,16,23,25-29,35,42H,10-15,17-22H2,1-5H3,(H,36,43)/t25?,26-,27+,28-,29?. The van der Waals surface area contributed by atoms with E-state index in [0.717, 1.165) is 49.6 Å². The number of likely N-dealkylation sites (tertiary alicyclic amines) is 1. The number of piperidine rings is 1. The number of sulfonamides is 1. The molecule has 3 fully saturated rings. The van der Waals surface area contributed by atoms with E-state index in [1.165, 1.54) is 30.4 Å². The number of hydrogen-bond donors (Lipinski definition) is 3. The topological polar surface area (TPSA) is 157 Å². The molecule has 1 aromatic carbocycles. The van der Waals surface area contributed by atoms with Gasteiger partial charge >= 0.3 is 6.09 Å². The third-order valence-electron chi connectivity index (χ3n) is 10.3. The number of aromatic nitrogens is 1. The van der Waals surface area contributed by atoms with Crippen molar-refractivity contribution >= 4 is 32.9 Å². The van der Waals surface area contributed by atoms with Gasteiger partial charge in [-0.25, -0.2) is 17.5 Å². The molecule has 0 spiro atoms. The molecule has 49 heavy (non-hydrogen) atoms. The van der Waals surface area contributed by atoms with Gasteiger partial charge in [-0.3, -0.25) is 24.7 Å². The number of nitrogens with zero attached hydrogens (tertiary/aromatic N) is 5. The number of fused-ring (bicyclic) bond motifs is 3. The van der Waals surface area contributed by atoms with Crippen molar-refractivity contribution in [1.29, 1.82) is 0 Å². The molecule has 3 N–H and O–H groups in total. The molecule has 14 nitrogen and oxygen atoms in total. The van der Waals surface area contributed by atoms with Crippen LogP contribution in [0.15, 0.2) is 35.1 Å². The highest BCUT2D eigenvalue weighted by Gasteiger charge is 2.42. The van der Waals surface area contributed by atoms with Crippen molar-refractivity contribution in [2.24, 2.45) is 0 Å². The summed E-state index contributed by atoms with van der Waals surface area (Å²) in [7, 11) is 1.03. The second kappa shape index (κ2) is 15.9. The average Bonchev–Trinajstić information content (AvgIpc) is 3.60. The number of methoxy groups -OCH3 is 1. The lowest BCUT2D eigenvalue weighted by Gasteiger charge is -2.40. The first-order chi connectivity index (χ1) is 23.3. The average molecular weight is 704 g/mol. The quantitative estimate of drug-likeness (QED) is 0.262. The van der Waals surface area contributed by atoms with Crippen LogP contribution < -0.4 is 16.2 Å². The molecule has 1 aromatic heterocycles. The minimum Gasteiger partial charge on any atom is -0.453 e. The molecule has 0 saturated carbocycles. The van der Waals surface area contributed by atoms with Gasteiger partial charge in [0, 0.05) is 70.5 Å². The van der Waals surface area contributed by atoms with Crippen LogP contribution in [0.3, 0.4) is 0 Å². The number of aliphatic hydroxyl groups is 1. The number of hydrogen-bond acceptors (Lipinski definition) is 10. The molecule has 3 saturated heterocycles. The highest BCUT2D eigenvalue weighted by Crippen LogP contribution is 2.36. The number of carbonyl (C=O) groups is 2. The molecule has 5 atom stereocenters. The SMILES string of the molecule is COC(=O)N(CCN1CCC(NCS(=O)(=O)N(C)C)C1)CC(O)CN1[C@@H]2CC[C@H]1C[C@@H](NC(=O)c1cc3ccccc3n(C(C)C)c1=O)C2. The van der Waals surface area contributed by atoms with Crippen LogP contribution in [0.4, 0.5) is 4.79 Å². The Bertz CT molecular complexity index is 1630. The van der Waals surface area contributed by atoms with E-state index in [9.17, 15) is 27.9 Å². The van der Waals surface area contributed by atoms with Gasteiger partial charge in [0.1, 0.15) is 11.4 Å². The number of ether oxygens (including phenoxy) is 1. The fraction of sp³-hybridized carbons (Fsp3) is 0.676. The molecule has 3 aliphatic rings. The summed E-state index contributed by atoms with van der Waals surface area (Å²) in [6, 6.07) is 9.53. The first-order valence-electron chi connectivity index (χ1n) is 17.3. The second-order valence-corrected chi connectivity index (χ2v) is 16.4. The lowest BCUT2D eigenvalue weighted by atomic mass is 9.96. The normalized spacial score (nSPS) is 23.8. The molecule has 5 rings (SSSR count). The number of carbonyl (C=O) groups excluding carboxylic acids is 2. The minimum atomic E-state index is -3.33. The number of para-hydroxylation sites is 1. The number of benzene rings is 1. The lowest BCUT2D eigenvalue weighted by Crippen LogP contribution is -2.54. The van der Waals surface area contributed by atoms with Gasteiger partial charge in [0.2, 0.25) is 10.0 Å². The monoisotopic (exact) mass is 703 g/mol. The molecule has 2 aromatic rings. The second-order valence-electron chi connectivity index (χ2n) is 14.2. The highest BCUT2D eigenvalue weighted by molar-refractivity contribution is 7.89. The van der Waals surface area contributed by atoms with E-state index in [4.69, 9.17) is 4.74 Å². The number of amides is 2. The Morgan fingerprint density at radius 3 is 2.43 bits per heavy atom. The van der Waals surface area contributed by atoms with Crippen molar-refractivity contribution in [2.75, 3.05) is 66.4 Å². The summed E-state index contributed by atoms with van der Waals surface area (Å²) in [4.78, 5) is 45.5. The number of aliphatic hydroxyl groups excluding tert-OH is 1. The van der Waals surface area contributed by atoms with Crippen LogP contribution >= 0.6 is 0 Å². The Morgan fingerprint density at radius 1 is 1.08 bits per heavy atom. The van der Waals surface area contributed by atoms with Crippen molar-refractivity contribution in [1.82, 2.24) is 34.2 Å². The van der Waals surface area contributed by atoms with Crippen molar-refractivity contribution in [3.05, 3.63) is 46.2 Å². The summed E-state index contributed by atoms with van der Waals surface area (Å²) < 4.78 is 32.1. The maximum atomic E-state index is 13.5. The van der Waals surface area contributed by atoms with E-state index >= 15 is 0 Å². The van der Waals surface area contributed by atoms with Gasteiger partial charge in [-0.05, 0) is 70.0 Å². The molecule has 0 aliphatic carbocycles. The fourth-order valence-corrected chi connectivity index (χ4v) is 8.38. The van der Waals surface area contributed by atoms with Crippen LogP contribution in [0.5, 0.6) is 0 Å². The van der Waals surface area contributed by atoms with Crippen molar-refractivity contribution in [2.45, 2.75) is 82.3 Å². The molecular formula is C34H53N7O7S. The van der Waals surface area contributed by atoms with E-state index < -0.39 is 22.2 Å². The minimum absolute atomic E-state index is 0.0430. The third kappa shape index (κ3) is 8.81. The molecule has 272 valence electrons. The van der Waals surface area contributed by atoms with E-state index in [-0.39, 0.29) is 59.7 Å². The van der Waals surface area contributed by atoms with Gasteiger partial charge in [-0.2, -0.15) is 0 Å². The van der Waals surface area contributed by atoms with E-state index in [2.05, 4.69) is 20.4 Å². The van der Waals surface area contributed by atoms with Crippen LogP contribution in [0.25, 0.3) is 10.9 Å². The predicted molar refractivity (Wildman–Crippen MR) is 188 cm³/mol. The molecule has 2 amide bonds.